The Morgan fingerprint density at radius 2 is 2.38 bits per heavy atom. The Labute approximate surface area is 88.7 Å². The van der Waals surface area contributed by atoms with Crippen molar-refractivity contribution < 1.29 is 0 Å². The summed E-state index contributed by atoms with van der Waals surface area (Å²) in [5.41, 5.74) is 5.97. The van der Waals surface area contributed by atoms with Gasteiger partial charge in [-0.05, 0) is 42.7 Å². The number of aryl methyl sites for hydroxylation is 1. The van der Waals surface area contributed by atoms with Gasteiger partial charge in [0.15, 0.2) is 0 Å². The highest BCUT2D eigenvalue weighted by Crippen LogP contribution is 2.12. The summed E-state index contributed by atoms with van der Waals surface area (Å²) < 4.78 is 0. The lowest BCUT2D eigenvalue weighted by atomic mass is 10.1. The lowest BCUT2D eigenvalue weighted by Gasteiger charge is -2.08. The van der Waals surface area contributed by atoms with Crippen molar-refractivity contribution in [2.24, 2.45) is 5.73 Å². The smallest absolute Gasteiger partial charge is 0.00501 e. The minimum absolute atomic E-state index is 0.384. The topological polar surface area (TPSA) is 26.0 Å². The van der Waals surface area contributed by atoms with Gasteiger partial charge in [-0.3, -0.25) is 0 Å². The molecule has 1 heterocycles. The molecule has 0 amide bonds. The monoisotopic (exact) mass is 215 g/mol. The molecule has 0 aromatic carbocycles. The van der Waals surface area contributed by atoms with Crippen molar-refractivity contribution in [2.45, 2.75) is 25.3 Å². The first-order valence-corrected chi connectivity index (χ1v) is 6.87. The number of rotatable bonds is 6. The first-order valence-electron chi connectivity index (χ1n) is 4.60. The van der Waals surface area contributed by atoms with Gasteiger partial charge in [0.2, 0.25) is 0 Å². The molecule has 3 heteroatoms. The number of hydrogen-bond donors (Lipinski definition) is 1. The molecule has 1 rings (SSSR count). The van der Waals surface area contributed by atoms with E-state index in [1.807, 2.05) is 23.1 Å². The average Bonchev–Trinajstić information content (AvgIpc) is 2.64. The first kappa shape index (κ1) is 11.1. The molecule has 0 aliphatic rings. The van der Waals surface area contributed by atoms with Gasteiger partial charge >= 0.3 is 0 Å². The van der Waals surface area contributed by atoms with Gasteiger partial charge in [-0.25, -0.2) is 0 Å². The Kier molecular flexibility index (Phi) is 5.51. The van der Waals surface area contributed by atoms with Crippen LogP contribution in [-0.4, -0.2) is 18.1 Å². The Hall–Kier alpha value is 0.01000. The minimum atomic E-state index is 0.384. The van der Waals surface area contributed by atoms with Gasteiger partial charge in [-0.2, -0.15) is 11.8 Å². The van der Waals surface area contributed by atoms with Crippen LogP contribution in [0.15, 0.2) is 17.5 Å². The molecule has 0 fully saturated rings. The van der Waals surface area contributed by atoms with Crippen LogP contribution >= 0.6 is 23.1 Å². The van der Waals surface area contributed by atoms with E-state index < -0.39 is 0 Å². The summed E-state index contributed by atoms with van der Waals surface area (Å²) in [4.78, 5) is 1.46. The zero-order chi connectivity index (χ0) is 9.52. The Bertz CT molecular complexity index is 209. The van der Waals surface area contributed by atoms with Crippen molar-refractivity contribution in [3.8, 4) is 0 Å². The Morgan fingerprint density at radius 3 is 3.00 bits per heavy atom. The SMILES string of the molecule is CSCCC(N)CCc1cccs1. The van der Waals surface area contributed by atoms with Crippen LogP contribution in [0.3, 0.4) is 0 Å². The van der Waals surface area contributed by atoms with Gasteiger partial charge in [0, 0.05) is 10.9 Å². The van der Waals surface area contributed by atoms with Crippen LogP contribution in [0.2, 0.25) is 0 Å². The lowest BCUT2D eigenvalue weighted by Crippen LogP contribution is -2.21. The molecule has 1 nitrogen and oxygen atoms in total. The van der Waals surface area contributed by atoms with Crippen LogP contribution in [0.5, 0.6) is 0 Å². The summed E-state index contributed by atoms with van der Waals surface area (Å²) in [7, 11) is 0. The van der Waals surface area contributed by atoms with E-state index in [0.717, 1.165) is 19.3 Å². The molecule has 0 aliphatic heterocycles. The van der Waals surface area contributed by atoms with Crippen LogP contribution in [0.1, 0.15) is 17.7 Å². The molecule has 1 atom stereocenters. The summed E-state index contributed by atoms with van der Waals surface area (Å²) in [6.45, 7) is 0. The largest absolute Gasteiger partial charge is 0.328 e. The van der Waals surface area contributed by atoms with E-state index in [1.54, 1.807) is 0 Å². The summed E-state index contributed by atoms with van der Waals surface area (Å²) in [6, 6.07) is 4.67. The maximum atomic E-state index is 5.97. The van der Waals surface area contributed by atoms with Gasteiger partial charge < -0.3 is 5.73 Å². The third kappa shape index (κ3) is 4.69. The molecule has 0 radical (unpaired) electrons. The molecular weight excluding hydrogens is 198 g/mol. The zero-order valence-electron chi connectivity index (χ0n) is 8.03. The summed E-state index contributed by atoms with van der Waals surface area (Å²) in [5.74, 6) is 1.19. The van der Waals surface area contributed by atoms with Crippen molar-refractivity contribution in [3.05, 3.63) is 22.4 Å². The highest BCUT2D eigenvalue weighted by atomic mass is 32.2. The number of thioether (sulfide) groups is 1. The van der Waals surface area contributed by atoms with Gasteiger partial charge in [0.05, 0.1) is 0 Å². The molecule has 13 heavy (non-hydrogen) atoms. The average molecular weight is 215 g/mol. The number of hydrogen-bond acceptors (Lipinski definition) is 3. The van der Waals surface area contributed by atoms with Crippen LogP contribution < -0.4 is 5.73 Å². The zero-order valence-corrected chi connectivity index (χ0v) is 9.66. The predicted octanol–water partition coefficient (Wildman–Crippen LogP) is 2.76. The minimum Gasteiger partial charge on any atom is -0.328 e. The second-order valence-electron chi connectivity index (χ2n) is 3.16. The quantitative estimate of drug-likeness (QED) is 0.789. The molecule has 1 aromatic heterocycles. The van der Waals surface area contributed by atoms with Gasteiger partial charge in [0.25, 0.3) is 0 Å². The maximum Gasteiger partial charge on any atom is 0.00501 e. The molecule has 74 valence electrons. The second kappa shape index (κ2) is 6.46. The highest BCUT2D eigenvalue weighted by Gasteiger charge is 2.02. The summed E-state index contributed by atoms with van der Waals surface area (Å²) >= 11 is 3.70. The third-order valence-corrected chi connectivity index (χ3v) is 3.61. The summed E-state index contributed by atoms with van der Waals surface area (Å²) in [5, 5.41) is 2.13. The van der Waals surface area contributed by atoms with Gasteiger partial charge in [0.1, 0.15) is 0 Å². The van der Waals surface area contributed by atoms with Crippen LogP contribution in [-0.2, 0) is 6.42 Å². The molecule has 0 saturated heterocycles. The molecule has 0 bridgehead atoms. The molecular formula is C10H17NS2. The molecule has 1 aromatic rings. The second-order valence-corrected chi connectivity index (χ2v) is 5.18. The van der Waals surface area contributed by atoms with Crippen molar-refractivity contribution in [2.75, 3.05) is 12.0 Å². The molecule has 1 unspecified atom stereocenters. The van der Waals surface area contributed by atoms with Crippen LogP contribution in [0.4, 0.5) is 0 Å². The molecule has 0 spiro atoms. The van der Waals surface area contributed by atoms with Gasteiger partial charge in [-0.15, -0.1) is 11.3 Å². The predicted molar refractivity (Wildman–Crippen MR) is 63.6 cm³/mol. The fourth-order valence-corrected chi connectivity index (χ4v) is 2.46. The van der Waals surface area contributed by atoms with E-state index in [2.05, 4.69) is 23.8 Å². The third-order valence-electron chi connectivity index (χ3n) is 2.03. The van der Waals surface area contributed by atoms with Crippen LogP contribution in [0, 0.1) is 0 Å². The Morgan fingerprint density at radius 1 is 1.54 bits per heavy atom. The Balaban J connectivity index is 2.11. The first-order chi connectivity index (χ1) is 6.33. The summed E-state index contributed by atoms with van der Waals surface area (Å²) in [6.07, 6.45) is 5.55. The van der Waals surface area contributed by atoms with E-state index >= 15 is 0 Å². The van der Waals surface area contributed by atoms with Gasteiger partial charge in [-0.1, -0.05) is 6.07 Å². The molecule has 0 aliphatic carbocycles. The van der Waals surface area contributed by atoms with E-state index in [9.17, 15) is 0 Å². The fourth-order valence-electron chi connectivity index (χ4n) is 1.20. The highest BCUT2D eigenvalue weighted by molar-refractivity contribution is 7.98. The van der Waals surface area contributed by atoms with Crippen molar-refractivity contribution in [1.82, 2.24) is 0 Å². The van der Waals surface area contributed by atoms with Crippen molar-refractivity contribution >= 4 is 23.1 Å². The van der Waals surface area contributed by atoms with Crippen molar-refractivity contribution in [1.29, 1.82) is 0 Å². The maximum absolute atomic E-state index is 5.97. The van der Waals surface area contributed by atoms with Crippen molar-refractivity contribution in [3.63, 3.8) is 0 Å². The van der Waals surface area contributed by atoms with E-state index in [1.165, 1.54) is 10.6 Å². The fraction of sp³-hybridized carbons (Fsp3) is 0.600. The number of nitrogens with two attached hydrogens (primary N) is 1. The van der Waals surface area contributed by atoms with E-state index in [0.29, 0.717) is 6.04 Å². The lowest BCUT2D eigenvalue weighted by molar-refractivity contribution is 0.603. The van der Waals surface area contributed by atoms with E-state index in [-0.39, 0.29) is 0 Å². The number of thiophene rings is 1. The standard InChI is InChI=1S/C10H17NS2/c1-12-8-6-9(11)4-5-10-3-2-7-13-10/h2-3,7,9H,4-6,8,11H2,1H3. The molecule has 0 saturated carbocycles. The van der Waals surface area contributed by atoms with E-state index in [4.69, 9.17) is 5.73 Å². The van der Waals surface area contributed by atoms with Crippen LogP contribution in [0.25, 0.3) is 0 Å². The molecule has 2 N–H and O–H groups in total. The normalized spacial score (nSPS) is 13.1.